The zero-order chi connectivity index (χ0) is 12.5. The Labute approximate surface area is 109 Å². The molecule has 2 aromatic carbocycles. The molecule has 0 aliphatic heterocycles. The van der Waals surface area contributed by atoms with Crippen molar-refractivity contribution in [2.45, 2.75) is 12.8 Å². The molecule has 86 valence electrons. The SMILES string of the molecule is C(C#Cc1ccccc1)#CCCc1ccccc1. The van der Waals surface area contributed by atoms with E-state index in [1.807, 2.05) is 36.4 Å². The van der Waals surface area contributed by atoms with E-state index in [9.17, 15) is 0 Å². The summed E-state index contributed by atoms with van der Waals surface area (Å²) in [6.07, 6.45) is 1.84. The van der Waals surface area contributed by atoms with Crippen LogP contribution in [0.3, 0.4) is 0 Å². The van der Waals surface area contributed by atoms with Crippen LogP contribution in [-0.4, -0.2) is 0 Å². The van der Waals surface area contributed by atoms with Crippen molar-refractivity contribution in [1.82, 2.24) is 0 Å². The molecule has 0 saturated heterocycles. The van der Waals surface area contributed by atoms with Gasteiger partial charge >= 0.3 is 0 Å². The van der Waals surface area contributed by atoms with Crippen LogP contribution in [-0.2, 0) is 6.42 Å². The first-order chi connectivity index (χ1) is 8.95. The van der Waals surface area contributed by atoms with Crippen LogP contribution in [0, 0.1) is 23.7 Å². The van der Waals surface area contributed by atoms with Gasteiger partial charge in [0, 0.05) is 12.0 Å². The molecule has 0 heterocycles. The zero-order valence-electron chi connectivity index (χ0n) is 10.2. The Bertz CT molecular complexity index is 586. The summed E-state index contributed by atoms with van der Waals surface area (Å²) in [6, 6.07) is 20.3. The maximum atomic E-state index is 3.08. The summed E-state index contributed by atoms with van der Waals surface area (Å²) in [5.74, 6) is 11.9. The first-order valence-electron chi connectivity index (χ1n) is 6.03. The molecule has 0 spiro atoms. The van der Waals surface area contributed by atoms with Gasteiger partial charge in [-0.25, -0.2) is 0 Å². The largest absolute Gasteiger partial charge is 0.0887 e. The highest BCUT2D eigenvalue weighted by molar-refractivity contribution is 5.39. The molecule has 0 amide bonds. The lowest BCUT2D eigenvalue weighted by Gasteiger charge is -1.93. The monoisotopic (exact) mass is 230 g/mol. The lowest BCUT2D eigenvalue weighted by Crippen LogP contribution is -1.81. The lowest BCUT2D eigenvalue weighted by molar-refractivity contribution is 1.03. The summed E-state index contributed by atoms with van der Waals surface area (Å²) in [5, 5.41) is 0. The van der Waals surface area contributed by atoms with Gasteiger partial charge in [0.15, 0.2) is 0 Å². The third-order valence-electron chi connectivity index (χ3n) is 2.51. The van der Waals surface area contributed by atoms with E-state index in [0.29, 0.717) is 0 Å². The molecule has 2 aromatic rings. The summed E-state index contributed by atoms with van der Waals surface area (Å²) in [5.41, 5.74) is 2.33. The standard InChI is InChI=1S/C18H14/c1(5-11-17-13-7-3-8-14-17)2-6-12-18-15-9-4-10-16-18/h3-4,7-10,13-16H,5,11H2. The minimum atomic E-state index is 0.855. The fraction of sp³-hybridized carbons (Fsp3) is 0.111. The number of aryl methyl sites for hydroxylation is 1. The van der Waals surface area contributed by atoms with E-state index in [2.05, 4.69) is 47.9 Å². The number of hydrogen-bond acceptors (Lipinski definition) is 0. The molecule has 0 fully saturated rings. The highest BCUT2D eigenvalue weighted by Gasteiger charge is 1.87. The maximum absolute atomic E-state index is 3.08. The molecule has 0 nitrogen and oxygen atoms in total. The van der Waals surface area contributed by atoms with Crippen molar-refractivity contribution in [3.05, 3.63) is 71.8 Å². The summed E-state index contributed by atoms with van der Waals surface area (Å²) in [7, 11) is 0. The Hall–Kier alpha value is -2.44. The van der Waals surface area contributed by atoms with Gasteiger partial charge in [0.2, 0.25) is 0 Å². The van der Waals surface area contributed by atoms with Gasteiger partial charge < -0.3 is 0 Å². The fourth-order valence-electron chi connectivity index (χ4n) is 1.58. The van der Waals surface area contributed by atoms with Gasteiger partial charge in [0.1, 0.15) is 0 Å². The van der Waals surface area contributed by atoms with Crippen molar-refractivity contribution in [3.8, 4) is 23.7 Å². The highest BCUT2D eigenvalue weighted by Crippen LogP contribution is 2.01. The second-order valence-corrected chi connectivity index (χ2v) is 3.90. The average molecular weight is 230 g/mol. The van der Waals surface area contributed by atoms with Crippen LogP contribution in [0.15, 0.2) is 60.7 Å². The molecule has 0 radical (unpaired) electrons. The van der Waals surface area contributed by atoms with Crippen molar-refractivity contribution in [1.29, 1.82) is 0 Å². The Morgan fingerprint density at radius 2 is 1.39 bits per heavy atom. The first kappa shape index (κ1) is 12.0. The molecule has 2 rings (SSSR count). The van der Waals surface area contributed by atoms with Crippen LogP contribution in [0.1, 0.15) is 17.5 Å². The van der Waals surface area contributed by atoms with Gasteiger partial charge in [-0.15, -0.1) is 0 Å². The molecule has 18 heavy (non-hydrogen) atoms. The Morgan fingerprint density at radius 3 is 2.11 bits per heavy atom. The highest BCUT2D eigenvalue weighted by atomic mass is 13.9. The van der Waals surface area contributed by atoms with Gasteiger partial charge in [-0.1, -0.05) is 60.4 Å². The van der Waals surface area contributed by atoms with Gasteiger partial charge in [0.05, 0.1) is 0 Å². The summed E-state index contributed by atoms with van der Waals surface area (Å²) in [4.78, 5) is 0. The van der Waals surface area contributed by atoms with Crippen LogP contribution in [0.5, 0.6) is 0 Å². The van der Waals surface area contributed by atoms with Crippen LogP contribution in [0.2, 0.25) is 0 Å². The van der Waals surface area contributed by atoms with E-state index >= 15 is 0 Å². The average Bonchev–Trinajstić information content (AvgIpc) is 2.45. The normalized spacial score (nSPS) is 8.67. The van der Waals surface area contributed by atoms with E-state index in [-0.39, 0.29) is 0 Å². The molecular formula is C18H14. The van der Waals surface area contributed by atoms with E-state index < -0.39 is 0 Å². The maximum Gasteiger partial charge on any atom is 0.0255 e. The molecule has 0 N–H and O–H groups in total. The molecule has 0 heteroatoms. The molecule has 0 unspecified atom stereocenters. The van der Waals surface area contributed by atoms with Crippen LogP contribution in [0.4, 0.5) is 0 Å². The second kappa shape index (κ2) is 7.00. The van der Waals surface area contributed by atoms with E-state index in [1.165, 1.54) is 5.56 Å². The number of rotatable bonds is 2. The summed E-state index contributed by atoms with van der Waals surface area (Å²) >= 11 is 0. The second-order valence-electron chi connectivity index (χ2n) is 3.90. The number of hydrogen-bond donors (Lipinski definition) is 0. The van der Waals surface area contributed by atoms with Gasteiger partial charge in [0.25, 0.3) is 0 Å². The molecular weight excluding hydrogens is 216 g/mol. The predicted molar refractivity (Wildman–Crippen MR) is 75.9 cm³/mol. The van der Waals surface area contributed by atoms with Crippen molar-refractivity contribution >= 4 is 0 Å². The molecule has 0 bridgehead atoms. The topological polar surface area (TPSA) is 0 Å². The smallest absolute Gasteiger partial charge is 0.0255 e. The third-order valence-corrected chi connectivity index (χ3v) is 2.51. The molecule has 0 aliphatic carbocycles. The van der Waals surface area contributed by atoms with Crippen LogP contribution in [0.25, 0.3) is 0 Å². The quantitative estimate of drug-likeness (QED) is 0.690. The van der Waals surface area contributed by atoms with Gasteiger partial charge in [-0.3, -0.25) is 0 Å². The van der Waals surface area contributed by atoms with Crippen LogP contribution < -0.4 is 0 Å². The van der Waals surface area contributed by atoms with Crippen molar-refractivity contribution < 1.29 is 0 Å². The Balaban J connectivity index is 1.82. The number of benzene rings is 2. The van der Waals surface area contributed by atoms with Crippen molar-refractivity contribution in [2.75, 3.05) is 0 Å². The van der Waals surface area contributed by atoms with E-state index in [4.69, 9.17) is 0 Å². The van der Waals surface area contributed by atoms with Crippen LogP contribution >= 0.6 is 0 Å². The lowest BCUT2D eigenvalue weighted by atomic mass is 10.1. The Morgan fingerprint density at radius 1 is 0.722 bits per heavy atom. The fourth-order valence-corrected chi connectivity index (χ4v) is 1.58. The minimum absolute atomic E-state index is 0.855. The van der Waals surface area contributed by atoms with Gasteiger partial charge in [-0.05, 0) is 36.0 Å². The third kappa shape index (κ3) is 4.20. The van der Waals surface area contributed by atoms with Crippen molar-refractivity contribution in [3.63, 3.8) is 0 Å². The molecule has 0 atom stereocenters. The van der Waals surface area contributed by atoms with Crippen molar-refractivity contribution in [2.24, 2.45) is 0 Å². The minimum Gasteiger partial charge on any atom is -0.0887 e. The van der Waals surface area contributed by atoms with E-state index in [0.717, 1.165) is 18.4 Å². The zero-order valence-corrected chi connectivity index (χ0v) is 10.2. The first-order valence-corrected chi connectivity index (χ1v) is 6.03. The molecule has 0 saturated carbocycles. The molecule has 0 aromatic heterocycles. The van der Waals surface area contributed by atoms with Gasteiger partial charge in [-0.2, -0.15) is 0 Å². The van der Waals surface area contributed by atoms with E-state index in [1.54, 1.807) is 0 Å². The predicted octanol–water partition coefficient (Wildman–Crippen LogP) is 3.67. The summed E-state index contributed by atoms with van der Waals surface area (Å²) < 4.78 is 0. The molecule has 0 aliphatic rings. The summed E-state index contributed by atoms with van der Waals surface area (Å²) in [6.45, 7) is 0. The Kier molecular flexibility index (Phi) is 4.68.